The lowest BCUT2D eigenvalue weighted by molar-refractivity contribution is -0.143. The number of esters is 1. The van der Waals surface area contributed by atoms with Gasteiger partial charge in [0.25, 0.3) is 0 Å². The van der Waals surface area contributed by atoms with Gasteiger partial charge in [-0.1, -0.05) is 29.8 Å². The van der Waals surface area contributed by atoms with E-state index in [1.807, 2.05) is 19.9 Å². The van der Waals surface area contributed by atoms with Crippen LogP contribution in [0.3, 0.4) is 0 Å². The summed E-state index contributed by atoms with van der Waals surface area (Å²) in [5.74, 6) is -0.886. The summed E-state index contributed by atoms with van der Waals surface area (Å²) < 4.78 is 7.34. The number of primary amides is 1. The maximum atomic E-state index is 12.6. The van der Waals surface area contributed by atoms with Crippen LogP contribution in [0.25, 0.3) is 0 Å². The van der Waals surface area contributed by atoms with Crippen LogP contribution in [-0.4, -0.2) is 29.0 Å². The molecule has 1 saturated carbocycles. The third-order valence-electron chi connectivity index (χ3n) is 5.03. The topological polar surface area (TPSA) is 103 Å². The number of carbonyl (C=O) groups excluding carboxylic acids is 3. The molecule has 0 spiro atoms. The quantitative estimate of drug-likeness (QED) is 0.505. The molecule has 1 fully saturated rings. The number of urea groups is 1. The van der Waals surface area contributed by atoms with Gasteiger partial charge in [0.2, 0.25) is 5.78 Å². The van der Waals surface area contributed by atoms with Crippen LogP contribution < -0.4 is 11.1 Å². The molecule has 7 nitrogen and oxygen atoms in total. The lowest BCUT2D eigenvalue weighted by Gasteiger charge is -2.18. The summed E-state index contributed by atoms with van der Waals surface area (Å²) in [4.78, 5) is 36.2. The SMILES string of the molecule is Cc1cc(C(=O)COC(=O)CC(NC(N)=O)c2ccccc2Cl)c(C)n1C1CC1. The fourth-order valence-corrected chi connectivity index (χ4v) is 3.84. The summed E-state index contributed by atoms with van der Waals surface area (Å²) in [6.07, 6.45) is 2.05. The molecular weight excluding hydrogens is 394 g/mol. The summed E-state index contributed by atoms with van der Waals surface area (Å²) in [7, 11) is 0. The van der Waals surface area contributed by atoms with Crippen LogP contribution in [-0.2, 0) is 9.53 Å². The summed E-state index contributed by atoms with van der Waals surface area (Å²) in [5.41, 5.74) is 8.26. The van der Waals surface area contributed by atoms with Crippen molar-refractivity contribution in [2.75, 3.05) is 6.61 Å². The number of ether oxygens (including phenoxy) is 1. The summed E-state index contributed by atoms with van der Waals surface area (Å²) in [5, 5.41) is 2.88. The Morgan fingerprint density at radius 3 is 2.59 bits per heavy atom. The first-order valence-electron chi connectivity index (χ1n) is 9.45. The average Bonchev–Trinajstić information content (AvgIpc) is 3.44. The molecule has 1 aliphatic rings. The zero-order valence-electron chi connectivity index (χ0n) is 16.4. The minimum atomic E-state index is -0.786. The molecule has 1 aliphatic carbocycles. The van der Waals surface area contributed by atoms with E-state index in [9.17, 15) is 14.4 Å². The Bertz CT molecular complexity index is 949. The number of ketones is 1. The molecule has 1 unspecified atom stereocenters. The molecule has 1 aromatic heterocycles. The minimum absolute atomic E-state index is 0.193. The summed E-state index contributed by atoms with van der Waals surface area (Å²) in [6.45, 7) is 3.52. The van der Waals surface area contributed by atoms with E-state index in [0.29, 0.717) is 22.2 Å². The highest BCUT2D eigenvalue weighted by atomic mass is 35.5. The van der Waals surface area contributed by atoms with Crippen molar-refractivity contribution in [3.05, 3.63) is 57.9 Å². The maximum absolute atomic E-state index is 12.6. The third kappa shape index (κ3) is 4.98. The van der Waals surface area contributed by atoms with Crippen molar-refractivity contribution in [2.24, 2.45) is 5.73 Å². The Kier molecular flexibility index (Phi) is 6.27. The molecule has 0 radical (unpaired) electrons. The van der Waals surface area contributed by atoms with E-state index in [0.717, 1.165) is 24.2 Å². The van der Waals surface area contributed by atoms with E-state index in [-0.39, 0.29) is 18.8 Å². The average molecular weight is 418 g/mol. The lowest BCUT2D eigenvalue weighted by atomic mass is 10.0. The van der Waals surface area contributed by atoms with Crippen LogP contribution in [0.5, 0.6) is 0 Å². The molecule has 1 heterocycles. The Balaban J connectivity index is 1.63. The lowest BCUT2D eigenvalue weighted by Crippen LogP contribution is -2.35. The third-order valence-corrected chi connectivity index (χ3v) is 5.37. The number of nitrogens with zero attached hydrogens (tertiary/aromatic N) is 1. The second-order valence-electron chi connectivity index (χ2n) is 7.26. The van der Waals surface area contributed by atoms with Gasteiger partial charge < -0.3 is 20.4 Å². The molecule has 2 aromatic rings. The predicted molar refractivity (Wildman–Crippen MR) is 109 cm³/mol. The first-order valence-corrected chi connectivity index (χ1v) is 9.83. The van der Waals surface area contributed by atoms with Gasteiger partial charge >= 0.3 is 12.0 Å². The van der Waals surface area contributed by atoms with Gasteiger partial charge in [-0.15, -0.1) is 0 Å². The maximum Gasteiger partial charge on any atom is 0.312 e. The van der Waals surface area contributed by atoms with Crippen LogP contribution in [0.4, 0.5) is 4.79 Å². The van der Waals surface area contributed by atoms with Crippen molar-refractivity contribution in [1.29, 1.82) is 0 Å². The number of hydrogen-bond acceptors (Lipinski definition) is 4. The number of benzene rings is 1. The van der Waals surface area contributed by atoms with Gasteiger partial charge in [-0.25, -0.2) is 4.79 Å². The molecule has 1 atom stereocenters. The standard InChI is InChI=1S/C21H24ClN3O4/c1-12-9-16(13(2)25(12)14-7-8-14)19(26)11-29-20(27)10-18(24-21(23)28)15-5-3-4-6-17(15)22/h3-6,9,14,18H,7-8,10-11H2,1-2H3,(H3,23,24,28). The summed E-state index contributed by atoms with van der Waals surface area (Å²) >= 11 is 6.16. The van der Waals surface area contributed by atoms with Crippen molar-refractivity contribution < 1.29 is 19.1 Å². The van der Waals surface area contributed by atoms with E-state index >= 15 is 0 Å². The molecule has 0 bridgehead atoms. The van der Waals surface area contributed by atoms with E-state index < -0.39 is 18.0 Å². The second kappa shape index (κ2) is 8.69. The number of halogens is 1. The number of hydrogen-bond donors (Lipinski definition) is 2. The van der Waals surface area contributed by atoms with Crippen molar-refractivity contribution in [1.82, 2.24) is 9.88 Å². The molecule has 0 aliphatic heterocycles. The fraction of sp³-hybridized carbons (Fsp3) is 0.381. The highest BCUT2D eigenvalue weighted by Crippen LogP contribution is 2.38. The van der Waals surface area contributed by atoms with Crippen LogP contribution in [0.15, 0.2) is 30.3 Å². The van der Waals surface area contributed by atoms with Gasteiger partial charge in [0.1, 0.15) is 0 Å². The number of aryl methyl sites for hydroxylation is 1. The molecule has 29 heavy (non-hydrogen) atoms. The number of nitrogens with one attached hydrogen (secondary N) is 1. The van der Waals surface area contributed by atoms with Crippen LogP contribution in [0.2, 0.25) is 5.02 Å². The molecule has 3 rings (SSSR count). The minimum Gasteiger partial charge on any atom is -0.457 e. The number of carbonyl (C=O) groups is 3. The predicted octanol–water partition coefficient (Wildman–Crippen LogP) is 3.62. The Hall–Kier alpha value is -2.80. The van der Waals surface area contributed by atoms with Gasteiger partial charge in [0.05, 0.1) is 12.5 Å². The summed E-state index contributed by atoms with van der Waals surface area (Å²) in [6, 6.07) is 7.59. The van der Waals surface area contributed by atoms with E-state index in [1.54, 1.807) is 24.3 Å². The number of rotatable bonds is 8. The van der Waals surface area contributed by atoms with Gasteiger partial charge in [-0.05, 0) is 44.4 Å². The van der Waals surface area contributed by atoms with Crippen molar-refractivity contribution in [3.63, 3.8) is 0 Å². The Morgan fingerprint density at radius 1 is 1.28 bits per heavy atom. The molecule has 8 heteroatoms. The number of Topliss-reactive ketones (excluding diaryl/α,β-unsaturated/α-hetero) is 1. The highest BCUT2D eigenvalue weighted by molar-refractivity contribution is 6.31. The van der Waals surface area contributed by atoms with E-state index in [1.165, 1.54) is 0 Å². The van der Waals surface area contributed by atoms with Crippen molar-refractivity contribution in [3.8, 4) is 0 Å². The normalized spacial score (nSPS) is 14.3. The molecule has 2 amide bonds. The number of nitrogens with two attached hydrogens (primary N) is 1. The zero-order valence-corrected chi connectivity index (χ0v) is 17.2. The monoisotopic (exact) mass is 417 g/mol. The molecular formula is C21H24ClN3O4. The van der Waals surface area contributed by atoms with Crippen LogP contribution in [0.1, 0.15) is 58.7 Å². The molecule has 0 saturated heterocycles. The largest absolute Gasteiger partial charge is 0.457 e. The Labute approximate surface area is 174 Å². The second-order valence-corrected chi connectivity index (χ2v) is 7.66. The number of amides is 2. The first kappa shape index (κ1) is 20.9. The number of aromatic nitrogens is 1. The van der Waals surface area contributed by atoms with Gasteiger partial charge in [-0.3, -0.25) is 9.59 Å². The van der Waals surface area contributed by atoms with E-state index in [2.05, 4.69) is 9.88 Å². The van der Waals surface area contributed by atoms with Gasteiger partial charge in [0.15, 0.2) is 6.61 Å². The van der Waals surface area contributed by atoms with Crippen molar-refractivity contribution >= 4 is 29.4 Å². The molecule has 1 aromatic carbocycles. The fourth-order valence-electron chi connectivity index (χ4n) is 3.57. The van der Waals surface area contributed by atoms with Crippen LogP contribution >= 0.6 is 11.6 Å². The van der Waals surface area contributed by atoms with Gasteiger partial charge in [0, 0.05) is 28.0 Å². The first-order chi connectivity index (χ1) is 13.8. The Morgan fingerprint density at radius 2 is 1.97 bits per heavy atom. The van der Waals surface area contributed by atoms with Crippen molar-refractivity contribution in [2.45, 2.75) is 45.2 Å². The molecule has 3 N–H and O–H groups in total. The highest BCUT2D eigenvalue weighted by Gasteiger charge is 2.28. The van der Waals surface area contributed by atoms with E-state index in [4.69, 9.17) is 22.1 Å². The zero-order chi connectivity index (χ0) is 21.1. The smallest absolute Gasteiger partial charge is 0.312 e. The molecule has 154 valence electrons. The van der Waals surface area contributed by atoms with Crippen LogP contribution in [0, 0.1) is 13.8 Å². The van der Waals surface area contributed by atoms with Gasteiger partial charge in [-0.2, -0.15) is 0 Å².